The van der Waals surface area contributed by atoms with Gasteiger partial charge in [0.1, 0.15) is 11.4 Å². The van der Waals surface area contributed by atoms with Crippen LogP contribution in [0.25, 0.3) is 0 Å². The van der Waals surface area contributed by atoms with Crippen LogP contribution in [0.15, 0.2) is 54.7 Å². The molecule has 0 aliphatic carbocycles. The van der Waals surface area contributed by atoms with Gasteiger partial charge in [0.25, 0.3) is 0 Å². The van der Waals surface area contributed by atoms with Crippen molar-refractivity contribution in [2.75, 3.05) is 17.3 Å². The van der Waals surface area contributed by atoms with Crippen molar-refractivity contribution in [3.8, 4) is 0 Å². The lowest BCUT2D eigenvalue weighted by atomic mass is 10.2. The minimum absolute atomic E-state index is 0.168. The Hall–Kier alpha value is -3.09. The van der Waals surface area contributed by atoms with Crippen LogP contribution in [0.3, 0.4) is 0 Å². The maximum Gasteiger partial charge on any atom is 0.421 e. The minimum atomic E-state index is -4.56. The molecule has 0 aliphatic rings. The van der Waals surface area contributed by atoms with Gasteiger partial charge >= 0.3 is 6.18 Å². The summed E-state index contributed by atoms with van der Waals surface area (Å²) in [5.74, 6) is -0.114. The molecule has 0 spiro atoms. The number of benzene rings is 2. The molecule has 140 valence electrons. The van der Waals surface area contributed by atoms with E-state index in [9.17, 15) is 13.2 Å². The quantitative estimate of drug-likeness (QED) is 0.645. The Balaban J connectivity index is 1.99. The van der Waals surface area contributed by atoms with Crippen LogP contribution in [0.5, 0.6) is 0 Å². The number of alkyl halides is 3. The number of aryl methyl sites for hydroxylation is 2. The highest BCUT2D eigenvalue weighted by molar-refractivity contribution is 5.64. The summed E-state index contributed by atoms with van der Waals surface area (Å²) in [6, 6.07) is 14.6. The number of nitrogens with one attached hydrogen (secondary N) is 1. The standard InChI is InChI=1S/C20H19F3N4/c1-13-4-8-15(9-5-13)25-18-17(20(21,22)23)12-24-19(26-18)27(3)16-10-6-14(2)7-11-16/h4-12H,1-3H3,(H,24,25,26). The smallest absolute Gasteiger partial charge is 0.340 e. The van der Waals surface area contributed by atoms with E-state index >= 15 is 0 Å². The molecule has 0 amide bonds. The summed E-state index contributed by atoms with van der Waals surface area (Å²) in [7, 11) is 1.71. The maximum atomic E-state index is 13.4. The van der Waals surface area contributed by atoms with Gasteiger partial charge in [-0.2, -0.15) is 18.2 Å². The molecule has 0 bridgehead atoms. The lowest BCUT2D eigenvalue weighted by Gasteiger charge is -2.20. The second kappa shape index (κ2) is 7.26. The van der Waals surface area contributed by atoms with Crippen LogP contribution >= 0.6 is 0 Å². The van der Waals surface area contributed by atoms with Gasteiger partial charge in [0.2, 0.25) is 5.95 Å². The first kappa shape index (κ1) is 18.7. The molecule has 3 rings (SSSR count). The summed E-state index contributed by atoms with van der Waals surface area (Å²) in [4.78, 5) is 9.69. The van der Waals surface area contributed by atoms with Crippen molar-refractivity contribution in [3.05, 3.63) is 71.4 Å². The van der Waals surface area contributed by atoms with E-state index in [4.69, 9.17) is 0 Å². The van der Waals surface area contributed by atoms with Gasteiger partial charge in [-0.1, -0.05) is 35.4 Å². The van der Waals surface area contributed by atoms with Crippen LogP contribution < -0.4 is 10.2 Å². The van der Waals surface area contributed by atoms with E-state index in [1.54, 1.807) is 24.1 Å². The SMILES string of the molecule is Cc1ccc(Nc2nc(N(C)c3ccc(C)cc3)ncc2C(F)(F)F)cc1. The monoisotopic (exact) mass is 372 g/mol. The van der Waals surface area contributed by atoms with Crippen LogP contribution in [0.4, 0.5) is 36.3 Å². The summed E-state index contributed by atoms with van der Waals surface area (Å²) < 4.78 is 40.1. The fraction of sp³-hybridized carbons (Fsp3) is 0.200. The average molecular weight is 372 g/mol. The molecular weight excluding hydrogens is 353 g/mol. The van der Waals surface area contributed by atoms with Crippen molar-refractivity contribution in [1.29, 1.82) is 0 Å². The molecule has 2 aromatic carbocycles. The van der Waals surface area contributed by atoms with E-state index in [1.165, 1.54) is 0 Å². The van der Waals surface area contributed by atoms with E-state index in [0.717, 1.165) is 23.0 Å². The van der Waals surface area contributed by atoms with Gasteiger partial charge in [-0.15, -0.1) is 0 Å². The van der Waals surface area contributed by atoms with Crippen molar-refractivity contribution in [2.24, 2.45) is 0 Å². The lowest BCUT2D eigenvalue weighted by Crippen LogP contribution is -2.17. The zero-order valence-electron chi connectivity index (χ0n) is 15.2. The summed E-state index contributed by atoms with van der Waals surface area (Å²) in [6.45, 7) is 3.87. The number of aromatic nitrogens is 2. The number of rotatable bonds is 4. The fourth-order valence-corrected chi connectivity index (χ4v) is 2.49. The predicted molar refractivity (Wildman–Crippen MR) is 101 cm³/mol. The van der Waals surface area contributed by atoms with E-state index in [-0.39, 0.29) is 11.8 Å². The largest absolute Gasteiger partial charge is 0.421 e. The third kappa shape index (κ3) is 4.36. The third-order valence-corrected chi connectivity index (χ3v) is 4.12. The third-order valence-electron chi connectivity index (χ3n) is 4.12. The van der Waals surface area contributed by atoms with E-state index in [0.29, 0.717) is 5.69 Å². The zero-order chi connectivity index (χ0) is 19.6. The first-order valence-electron chi connectivity index (χ1n) is 8.32. The molecule has 0 saturated carbocycles. The first-order chi connectivity index (χ1) is 12.7. The maximum absolute atomic E-state index is 13.4. The minimum Gasteiger partial charge on any atom is -0.340 e. The summed E-state index contributed by atoms with van der Waals surface area (Å²) in [5.41, 5.74) is 2.49. The Morgan fingerprint density at radius 1 is 0.889 bits per heavy atom. The van der Waals surface area contributed by atoms with Gasteiger partial charge < -0.3 is 10.2 Å². The molecule has 0 atom stereocenters. The van der Waals surface area contributed by atoms with Crippen molar-refractivity contribution in [2.45, 2.75) is 20.0 Å². The van der Waals surface area contributed by atoms with Crippen LogP contribution in [-0.4, -0.2) is 17.0 Å². The molecule has 1 N–H and O–H groups in total. The molecule has 4 nitrogen and oxygen atoms in total. The van der Waals surface area contributed by atoms with Gasteiger partial charge in [-0.05, 0) is 38.1 Å². The number of halogens is 3. The van der Waals surface area contributed by atoms with E-state index in [1.807, 2.05) is 50.2 Å². The molecule has 1 heterocycles. The highest BCUT2D eigenvalue weighted by Crippen LogP contribution is 2.36. The lowest BCUT2D eigenvalue weighted by molar-refractivity contribution is -0.137. The van der Waals surface area contributed by atoms with Crippen LogP contribution in [-0.2, 0) is 6.18 Å². The molecule has 27 heavy (non-hydrogen) atoms. The highest BCUT2D eigenvalue weighted by atomic mass is 19.4. The van der Waals surface area contributed by atoms with Gasteiger partial charge in [-0.25, -0.2) is 4.98 Å². The van der Waals surface area contributed by atoms with E-state index in [2.05, 4.69) is 15.3 Å². The van der Waals surface area contributed by atoms with Crippen LogP contribution in [0.1, 0.15) is 16.7 Å². The molecule has 0 saturated heterocycles. The second-order valence-corrected chi connectivity index (χ2v) is 6.32. The predicted octanol–water partition coefficient (Wildman–Crippen LogP) is 5.62. The number of hydrogen-bond donors (Lipinski definition) is 1. The van der Waals surface area contributed by atoms with Crippen molar-refractivity contribution < 1.29 is 13.2 Å². The normalized spacial score (nSPS) is 11.3. The van der Waals surface area contributed by atoms with Crippen molar-refractivity contribution in [3.63, 3.8) is 0 Å². The number of nitrogens with zero attached hydrogens (tertiary/aromatic N) is 3. The summed E-state index contributed by atoms with van der Waals surface area (Å²) in [6.07, 6.45) is -3.75. The Kier molecular flexibility index (Phi) is 5.03. The molecule has 0 radical (unpaired) electrons. The van der Waals surface area contributed by atoms with E-state index < -0.39 is 11.7 Å². The average Bonchev–Trinajstić information content (AvgIpc) is 2.63. The van der Waals surface area contributed by atoms with Gasteiger partial charge in [0.05, 0.1) is 0 Å². The Morgan fingerprint density at radius 3 is 2.00 bits per heavy atom. The zero-order valence-corrected chi connectivity index (χ0v) is 15.2. The molecule has 0 fully saturated rings. The Labute approximate surface area is 155 Å². The van der Waals surface area contributed by atoms with Crippen molar-refractivity contribution >= 4 is 23.1 Å². The molecule has 3 aromatic rings. The topological polar surface area (TPSA) is 41.1 Å². The summed E-state index contributed by atoms with van der Waals surface area (Å²) in [5, 5.41) is 2.76. The molecule has 7 heteroatoms. The fourth-order valence-electron chi connectivity index (χ4n) is 2.49. The van der Waals surface area contributed by atoms with Gasteiger partial charge in [-0.3, -0.25) is 0 Å². The first-order valence-corrected chi connectivity index (χ1v) is 8.32. The molecule has 1 aromatic heterocycles. The molecule has 0 aliphatic heterocycles. The second-order valence-electron chi connectivity index (χ2n) is 6.32. The Morgan fingerprint density at radius 2 is 1.44 bits per heavy atom. The van der Waals surface area contributed by atoms with Crippen LogP contribution in [0.2, 0.25) is 0 Å². The number of hydrogen-bond acceptors (Lipinski definition) is 4. The highest BCUT2D eigenvalue weighted by Gasteiger charge is 2.35. The van der Waals surface area contributed by atoms with Crippen molar-refractivity contribution in [1.82, 2.24) is 9.97 Å². The Bertz CT molecular complexity index is 919. The molecular formula is C20H19F3N4. The number of anilines is 4. The van der Waals surface area contributed by atoms with Gasteiger partial charge in [0, 0.05) is 24.6 Å². The summed E-state index contributed by atoms with van der Waals surface area (Å²) >= 11 is 0. The van der Waals surface area contributed by atoms with Gasteiger partial charge in [0.15, 0.2) is 0 Å². The van der Waals surface area contributed by atoms with Crippen LogP contribution in [0, 0.1) is 13.8 Å². The molecule has 0 unspecified atom stereocenters.